The number of aromatic nitrogens is 1. The molecule has 2 aromatic carbocycles. The molecule has 118 valence electrons. The minimum atomic E-state index is -0.511. The number of carbonyl (C=O) groups is 1. The fourth-order valence-electron chi connectivity index (χ4n) is 2.46. The van der Waals surface area contributed by atoms with Gasteiger partial charge in [-0.2, -0.15) is 0 Å². The average Bonchev–Trinajstić information content (AvgIpc) is 2.83. The van der Waals surface area contributed by atoms with Crippen LogP contribution in [0.3, 0.4) is 0 Å². The van der Waals surface area contributed by atoms with E-state index in [1.807, 2.05) is 57.3 Å². The average molecular weight is 419 g/mol. The van der Waals surface area contributed by atoms with Crippen LogP contribution in [-0.2, 0) is 4.74 Å². The number of benzene rings is 2. The van der Waals surface area contributed by atoms with Gasteiger partial charge in [-0.3, -0.25) is 4.57 Å². The molecule has 0 fully saturated rings. The lowest BCUT2D eigenvalue weighted by atomic mass is 10.0. The molecule has 4 heteroatoms. The van der Waals surface area contributed by atoms with Crippen molar-refractivity contribution in [1.82, 2.24) is 4.57 Å². The molecule has 0 aliphatic rings. The highest BCUT2D eigenvalue weighted by molar-refractivity contribution is 14.1. The van der Waals surface area contributed by atoms with E-state index in [-0.39, 0.29) is 6.09 Å². The maximum Gasteiger partial charge on any atom is 0.419 e. The summed E-state index contributed by atoms with van der Waals surface area (Å²) in [5, 5.41) is 1.05. The van der Waals surface area contributed by atoms with E-state index in [1.54, 1.807) is 4.57 Å². The summed E-state index contributed by atoms with van der Waals surface area (Å²) >= 11 is 2.26. The van der Waals surface area contributed by atoms with E-state index >= 15 is 0 Å². The van der Waals surface area contributed by atoms with Crippen LogP contribution in [0.4, 0.5) is 4.79 Å². The first kappa shape index (κ1) is 16.1. The molecule has 0 saturated heterocycles. The lowest BCUT2D eigenvalue weighted by Crippen LogP contribution is -2.26. The van der Waals surface area contributed by atoms with Gasteiger partial charge in [0.25, 0.3) is 0 Å². The summed E-state index contributed by atoms with van der Waals surface area (Å²) in [6, 6.07) is 16.3. The Morgan fingerprint density at radius 1 is 1.04 bits per heavy atom. The molecule has 3 nitrogen and oxygen atoms in total. The second-order valence-corrected chi connectivity index (χ2v) is 7.59. The molecule has 1 aromatic heterocycles. The van der Waals surface area contributed by atoms with Gasteiger partial charge in [0.2, 0.25) is 0 Å². The molecular formula is C19H18INO2. The monoisotopic (exact) mass is 419 g/mol. The van der Waals surface area contributed by atoms with Gasteiger partial charge in [0.15, 0.2) is 0 Å². The summed E-state index contributed by atoms with van der Waals surface area (Å²) in [4.78, 5) is 12.4. The Labute approximate surface area is 149 Å². The Bertz CT molecular complexity index is 860. The van der Waals surface area contributed by atoms with Gasteiger partial charge in [-0.05, 0) is 66.6 Å². The molecule has 0 bridgehead atoms. The lowest BCUT2D eigenvalue weighted by Gasteiger charge is -2.19. The van der Waals surface area contributed by atoms with E-state index in [0.29, 0.717) is 0 Å². The Hall–Kier alpha value is -1.82. The largest absolute Gasteiger partial charge is 0.443 e. The van der Waals surface area contributed by atoms with Gasteiger partial charge in [-0.1, -0.05) is 36.4 Å². The zero-order chi connectivity index (χ0) is 16.6. The van der Waals surface area contributed by atoms with Crippen molar-refractivity contribution in [2.24, 2.45) is 0 Å². The third-order valence-electron chi connectivity index (χ3n) is 3.45. The van der Waals surface area contributed by atoms with Crippen molar-refractivity contribution < 1.29 is 9.53 Å². The molecule has 1 heterocycles. The lowest BCUT2D eigenvalue weighted by molar-refractivity contribution is 0.0544. The van der Waals surface area contributed by atoms with Crippen molar-refractivity contribution >= 4 is 39.6 Å². The highest BCUT2D eigenvalue weighted by Crippen LogP contribution is 2.29. The summed E-state index contributed by atoms with van der Waals surface area (Å²) in [7, 11) is 0. The molecule has 0 radical (unpaired) electrons. The van der Waals surface area contributed by atoms with Crippen LogP contribution in [0.15, 0.2) is 54.7 Å². The molecule has 0 atom stereocenters. The molecule has 0 aliphatic heterocycles. The number of carbonyl (C=O) groups excluding carboxylic acids is 1. The molecule has 0 unspecified atom stereocenters. The molecular weight excluding hydrogens is 401 g/mol. The number of hydrogen-bond acceptors (Lipinski definition) is 2. The van der Waals surface area contributed by atoms with E-state index in [9.17, 15) is 4.79 Å². The first-order valence-corrected chi connectivity index (χ1v) is 8.52. The fraction of sp³-hybridized carbons (Fsp3) is 0.211. The second kappa shape index (κ2) is 6.00. The quantitative estimate of drug-likeness (QED) is 0.474. The predicted octanol–water partition coefficient (Wildman–Crippen LogP) is 5.70. The normalized spacial score (nSPS) is 11.7. The van der Waals surface area contributed by atoms with Crippen molar-refractivity contribution in [2.75, 3.05) is 0 Å². The summed E-state index contributed by atoms with van der Waals surface area (Å²) < 4.78 is 8.09. The minimum Gasteiger partial charge on any atom is -0.443 e. The first-order chi connectivity index (χ1) is 10.8. The zero-order valence-corrected chi connectivity index (χ0v) is 15.5. The van der Waals surface area contributed by atoms with E-state index in [1.165, 1.54) is 0 Å². The zero-order valence-electron chi connectivity index (χ0n) is 13.3. The predicted molar refractivity (Wildman–Crippen MR) is 102 cm³/mol. The van der Waals surface area contributed by atoms with Gasteiger partial charge in [0.05, 0.1) is 5.52 Å². The number of ether oxygens (including phenoxy) is 1. The first-order valence-electron chi connectivity index (χ1n) is 7.44. The van der Waals surface area contributed by atoms with E-state index in [2.05, 4.69) is 40.8 Å². The van der Waals surface area contributed by atoms with E-state index in [0.717, 1.165) is 25.6 Å². The number of halogens is 1. The standard InChI is InChI=1S/C19H18INO2/c1-19(2,3)23-18(22)21-12-16(20)15-11-14(9-10-17(15)21)13-7-5-4-6-8-13/h4-12H,1-3H3. The van der Waals surface area contributed by atoms with Gasteiger partial charge in [0.1, 0.15) is 5.60 Å². The molecule has 0 amide bonds. The van der Waals surface area contributed by atoms with Crippen molar-refractivity contribution in [2.45, 2.75) is 26.4 Å². The third-order valence-corrected chi connectivity index (χ3v) is 4.31. The fourth-order valence-corrected chi connectivity index (χ4v) is 3.17. The van der Waals surface area contributed by atoms with Gasteiger partial charge < -0.3 is 4.74 Å². The van der Waals surface area contributed by atoms with Gasteiger partial charge in [-0.15, -0.1) is 0 Å². The summed E-state index contributed by atoms with van der Waals surface area (Å²) in [5.74, 6) is 0. The van der Waals surface area contributed by atoms with E-state index < -0.39 is 5.60 Å². The van der Waals surface area contributed by atoms with Crippen molar-refractivity contribution in [3.63, 3.8) is 0 Å². The molecule has 0 saturated carbocycles. The summed E-state index contributed by atoms with van der Waals surface area (Å²) in [6.45, 7) is 5.61. The second-order valence-electron chi connectivity index (χ2n) is 6.43. The van der Waals surface area contributed by atoms with Gasteiger partial charge in [0, 0.05) is 15.2 Å². The minimum absolute atomic E-state index is 0.349. The summed E-state index contributed by atoms with van der Waals surface area (Å²) in [5.41, 5.74) is 2.65. The highest BCUT2D eigenvalue weighted by Gasteiger charge is 2.20. The maximum absolute atomic E-state index is 12.4. The van der Waals surface area contributed by atoms with Crippen molar-refractivity contribution in [3.8, 4) is 11.1 Å². The van der Waals surface area contributed by atoms with Crippen LogP contribution in [0.1, 0.15) is 20.8 Å². The van der Waals surface area contributed by atoms with Gasteiger partial charge >= 0.3 is 6.09 Å². The number of hydrogen-bond donors (Lipinski definition) is 0. The Balaban J connectivity index is 2.06. The molecule has 3 rings (SSSR count). The van der Waals surface area contributed by atoms with Crippen molar-refractivity contribution in [3.05, 3.63) is 58.3 Å². The molecule has 23 heavy (non-hydrogen) atoms. The van der Waals surface area contributed by atoms with Crippen LogP contribution in [0.2, 0.25) is 0 Å². The Morgan fingerprint density at radius 3 is 2.39 bits per heavy atom. The van der Waals surface area contributed by atoms with Crippen molar-refractivity contribution in [1.29, 1.82) is 0 Å². The number of fused-ring (bicyclic) bond motifs is 1. The smallest absolute Gasteiger partial charge is 0.419 e. The van der Waals surface area contributed by atoms with Crippen LogP contribution >= 0.6 is 22.6 Å². The van der Waals surface area contributed by atoms with Crippen LogP contribution in [0.25, 0.3) is 22.0 Å². The Morgan fingerprint density at radius 2 is 1.74 bits per heavy atom. The van der Waals surface area contributed by atoms with Gasteiger partial charge in [-0.25, -0.2) is 4.79 Å². The molecule has 0 N–H and O–H groups in total. The van der Waals surface area contributed by atoms with Crippen LogP contribution in [0.5, 0.6) is 0 Å². The number of nitrogens with zero attached hydrogens (tertiary/aromatic N) is 1. The van der Waals surface area contributed by atoms with Crippen LogP contribution in [-0.4, -0.2) is 16.3 Å². The SMILES string of the molecule is CC(C)(C)OC(=O)n1cc(I)c2cc(-c3ccccc3)ccc21. The molecule has 0 spiro atoms. The van der Waals surface area contributed by atoms with Crippen LogP contribution in [0, 0.1) is 3.57 Å². The number of rotatable bonds is 1. The Kier molecular flexibility index (Phi) is 4.19. The third kappa shape index (κ3) is 3.42. The van der Waals surface area contributed by atoms with E-state index in [4.69, 9.17) is 4.74 Å². The highest BCUT2D eigenvalue weighted by atomic mass is 127. The molecule has 3 aromatic rings. The maximum atomic E-state index is 12.4. The van der Waals surface area contributed by atoms with Crippen LogP contribution < -0.4 is 0 Å². The topological polar surface area (TPSA) is 31.2 Å². The molecule has 0 aliphatic carbocycles. The summed E-state index contributed by atoms with van der Waals surface area (Å²) in [6.07, 6.45) is 1.48.